The van der Waals surface area contributed by atoms with Crippen molar-refractivity contribution in [1.82, 2.24) is 34.6 Å². The van der Waals surface area contributed by atoms with E-state index in [1.54, 1.807) is 6.20 Å². The van der Waals surface area contributed by atoms with Crippen molar-refractivity contribution in [1.29, 1.82) is 0 Å². The molecule has 2 N–H and O–H groups in total. The van der Waals surface area contributed by atoms with E-state index in [2.05, 4.69) is 25.1 Å². The molecule has 3 aromatic rings. The van der Waals surface area contributed by atoms with Crippen molar-refractivity contribution < 1.29 is 14.6 Å². The lowest BCUT2D eigenvalue weighted by atomic mass is 10.2. The molecule has 4 heterocycles. The second-order valence-corrected chi connectivity index (χ2v) is 5.99. The smallest absolute Gasteiger partial charge is 0.407 e. The van der Waals surface area contributed by atoms with Crippen molar-refractivity contribution in [2.45, 2.75) is 19.4 Å². The fourth-order valence-electron chi connectivity index (χ4n) is 3.05. The minimum absolute atomic E-state index is 0.240. The summed E-state index contributed by atoms with van der Waals surface area (Å²) in [5.74, 6) is 1.08. The zero-order chi connectivity index (χ0) is 17.6. The molecule has 130 valence electrons. The van der Waals surface area contributed by atoms with E-state index >= 15 is 0 Å². The minimum Gasteiger partial charge on any atom is -0.471 e. The molecule has 0 unspecified atom stereocenters. The summed E-state index contributed by atoms with van der Waals surface area (Å²) in [5.41, 5.74) is 2.91. The van der Waals surface area contributed by atoms with E-state index in [0.717, 1.165) is 11.3 Å². The summed E-state index contributed by atoms with van der Waals surface area (Å²) in [5, 5.41) is 16.0. The number of H-pyrrole nitrogens is 1. The van der Waals surface area contributed by atoms with E-state index in [0.29, 0.717) is 42.4 Å². The van der Waals surface area contributed by atoms with Gasteiger partial charge in [-0.3, -0.25) is 5.10 Å². The van der Waals surface area contributed by atoms with Crippen molar-refractivity contribution in [3.63, 3.8) is 0 Å². The van der Waals surface area contributed by atoms with Crippen LogP contribution in [0.3, 0.4) is 0 Å². The molecule has 1 atom stereocenters. The van der Waals surface area contributed by atoms with Gasteiger partial charge in [0, 0.05) is 26.2 Å². The number of aryl methyl sites for hydroxylation is 2. The zero-order valence-corrected chi connectivity index (χ0v) is 13.8. The van der Waals surface area contributed by atoms with Gasteiger partial charge in [-0.15, -0.1) is 0 Å². The summed E-state index contributed by atoms with van der Waals surface area (Å²) in [6.07, 6.45) is 2.66. The molecule has 10 heteroatoms. The Labute approximate surface area is 142 Å². The third-order valence-corrected chi connectivity index (χ3v) is 4.39. The Hall–Kier alpha value is -3.17. The number of hydrogen-bond acceptors (Lipinski definition) is 6. The lowest BCUT2D eigenvalue weighted by Gasteiger charge is -2.13. The first kappa shape index (κ1) is 15.4. The molecule has 1 aliphatic rings. The highest BCUT2D eigenvalue weighted by Gasteiger charge is 2.29. The van der Waals surface area contributed by atoms with Crippen LogP contribution in [0.1, 0.15) is 12.1 Å². The van der Waals surface area contributed by atoms with Gasteiger partial charge in [-0.1, -0.05) is 0 Å². The van der Waals surface area contributed by atoms with Gasteiger partial charge >= 0.3 is 6.09 Å². The summed E-state index contributed by atoms with van der Waals surface area (Å²) >= 11 is 0. The molecule has 0 spiro atoms. The number of rotatable bonds is 3. The molecule has 1 aliphatic heterocycles. The Morgan fingerprint density at radius 1 is 1.44 bits per heavy atom. The number of carboxylic acid groups (broad SMARTS) is 1. The third-order valence-electron chi connectivity index (χ3n) is 4.39. The number of aromatic amines is 1. The predicted octanol–water partition coefficient (Wildman–Crippen LogP) is 1.19. The number of imidazole rings is 1. The Morgan fingerprint density at radius 2 is 2.28 bits per heavy atom. The highest BCUT2D eigenvalue weighted by molar-refractivity contribution is 5.81. The summed E-state index contributed by atoms with van der Waals surface area (Å²) in [6, 6.07) is 0. The molecule has 1 fully saturated rings. The van der Waals surface area contributed by atoms with E-state index in [-0.39, 0.29) is 6.10 Å². The SMILES string of the molecule is Cc1n[nH]cc1-c1nc2c(O[C@H]3CCN(C(=O)O)C3)ncnc2n1C. The Morgan fingerprint density at radius 3 is 2.96 bits per heavy atom. The van der Waals surface area contributed by atoms with Crippen LogP contribution in [0.2, 0.25) is 0 Å². The number of nitrogens with one attached hydrogen (secondary N) is 1. The molecule has 0 saturated carbocycles. The zero-order valence-electron chi connectivity index (χ0n) is 13.8. The molecule has 1 amide bonds. The Bertz CT molecular complexity index is 948. The molecule has 0 aliphatic carbocycles. The maximum Gasteiger partial charge on any atom is 0.407 e. The van der Waals surface area contributed by atoms with Gasteiger partial charge in [-0.05, 0) is 6.92 Å². The second kappa shape index (κ2) is 5.72. The fourth-order valence-corrected chi connectivity index (χ4v) is 3.05. The van der Waals surface area contributed by atoms with Gasteiger partial charge < -0.3 is 19.3 Å². The molecule has 0 radical (unpaired) electrons. The average Bonchev–Trinajstić information content (AvgIpc) is 3.28. The van der Waals surface area contributed by atoms with Gasteiger partial charge in [0.05, 0.1) is 17.8 Å². The number of aromatic nitrogens is 6. The van der Waals surface area contributed by atoms with Crippen LogP contribution in [0.25, 0.3) is 22.6 Å². The molecule has 10 nitrogen and oxygen atoms in total. The van der Waals surface area contributed by atoms with Crippen molar-refractivity contribution in [2.24, 2.45) is 7.05 Å². The average molecular weight is 343 g/mol. The number of fused-ring (bicyclic) bond motifs is 1. The summed E-state index contributed by atoms with van der Waals surface area (Å²) in [6.45, 7) is 2.67. The van der Waals surface area contributed by atoms with Crippen molar-refractivity contribution in [2.75, 3.05) is 13.1 Å². The van der Waals surface area contributed by atoms with E-state index < -0.39 is 6.09 Å². The highest BCUT2D eigenvalue weighted by atomic mass is 16.5. The molecule has 25 heavy (non-hydrogen) atoms. The van der Waals surface area contributed by atoms with Crippen LogP contribution >= 0.6 is 0 Å². The van der Waals surface area contributed by atoms with Gasteiger partial charge in [0.15, 0.2) is 11.2 Å². The standard InChI is InChI=1S/C15H17N7O3/c1-8-10(5-18-20-8)12-19-11-13(21(12)2)16-7-17-14(11)25-9-3-4-22(6-9)15(23)24/h5,7,9H,3-4,6H2,1-2H3,(H,18,20)(H,23,24)/t9-/m0/s1. The predicted molar refractivity (Wildman–Crippen MR) is 87.3 cm³/mol. The van der Waals surface area contributed by atoms with Crippen LogP contribution in [0.5, 0.6) is 5.88 Å². The normalized spacial score (nSPS) is 17.4. The molecule has 1 saturated heterocycles. The van der Waals surface area contributed by atoms with Crippen LogP contribution in [-0.2, 0) is 7.05 Å². The van der Waals surface area contributed by atoms with Crippen LogP contribution in [-0.4, -0.2) is 65.0 Å². The number of carbonyl (C=O) groups is 1. The molecule has 0 bridgehead atoms. The quantitative estimate of drug-likeness (QED) is 0.732. The van der Waals surface area contributed by atoms with Crippen LogP contribution < -0.4 is 4.74 Å². The summed E-state index contributed by atoms with van der Waals surface area (Å²) in [7, 11) is 1.87. The van der Waals surface area contributed by atoms with E-state index in [4.69, 9.17) is 9.84 Å². The largest absolute Gasteiger partial charge is 0.471 e. The van der Waals surface area contributed by atoms with Crippen molar-refractivity contribution >= 4 is 17.3 Å². The van der Waals surface area contributed by atoms with Gasteiger partial charge in [-0.2, -0.15) is 10.1 Å². The van der Waals surface area contributed by atoms with E-state index in [1.165, 1.54) is 11.2 Å². The van der Waals surface area contributed by atoms with Crippen molar-refractivity contribution in [3.05, 3.63) is 18.2 Å². The molecule has 4 rings (SSSR count). The number of amides is 1. The molecule has 3 aromatic heterocycles. The number of ether oxygens (including phenoxy) is 1. The van der Waals surface area contributed by atoms with Gasteiger partial charge in [-0.25, -0.2) is 14.8 Å². The lowest BCUT2D eigenvalue weighted by molar-refractivity contribution is 0.145. The number of hydrogen-bond donors (Lipinski definition) is 2. The van der Waals surface area contributed by atoms with E-state index in [9.17, 15) is 4.79 Å². The second-order valence-electron chi connectivity index (χ2n) is 5.99. The Balaban J connectivity index is 1.69. The number of nitrogens with zero attached hydrogens (tertiary/aromatic N) is 6. The molecular weight excluding hydrogens is 326 g/mol. The third kappa shape index (κ3) is 2.55. The molecule has 0 aromatic carbocycles. The maximum absolute atomic E-state index is 11.0. The Kier molecular flexibility index (Phi) is 3.52. The monoisotopic (exact) mass is 343 g/mol. The first-order valence-corrected chi connectivity index (χ1v) is 7.87. The minimum atomic E-state index is -0.936. The van der Waals surface area contributed by atoms with E-state index in [1.807, 2.05) is 18.5 Å². The fraction of sp³-hybridized carbons (Fsp3) is 0.400. The highest BCUT2D eigenvalue weighted by Crippen LogP contribution is 2.29. The number of likely N-dealkylation sites (tertiary alicyclic amines) is 1. The summed E-state index contributed by atoms with van der Waals surface area (Å²) in [4.78, 5) is 25.5. The van der Waals surface area contributed by atoms with Crippen LogP contribution in [0, 0.1) is 6.92 Å². The first-order chi connectivity index (χ1) is 12.0. The van der Waals surface area contributed by atoms with Gasteiger partial charge in [0.1, 0.15) is 18.3 Å². The van der Waals surface area contributed by atoms with Gasteiger partial charge in [0.2, 0.25) is 5.88 Å². The maximum atomic E-state index is 11.0. The summed E-state index contributed by atoms with van der Waals surface area (Å²) < 4.78 is 7.79. The first-order valence-electron chi connectivity index (χ1n) is 7.87. The van der Waals surface area contributed by atoms with Gasteiger partial charge in [0.25, 0.3) is 0 Å². The lowest BCUT2D eigenvalue weighted by Crippen LogP contribution is -2.29. The van der Waals surface area contributed by atoms with Crippen LogP contribution in [0.15, 0.2) is 12.5 Å². The topological polar surface area (TPSA) is 122 Å². The molecular formula is C15H17N7O3. The van der Waals surface area contributed by atoms with Crippen LogP contribution in [0.4, 0.5) is 4.79 Å². The van der Waals surface area contributed by atoms with Crippen molar-refractivity contribution in [3.8, 4) is 17.3 Å².